The van der Waals surface area contributed by atoms with E-state index in [-0.39, 0.29) is 24.3 Å². The molecule has 2 amide bonds. The highest BCUT2D eigenvalue weighted by molar-refractivity contribution is 7.98. The molecule has 0 saturated carbocycles. The molecule has 4 nitrogen and oxygen atoms in total. The highest BCUT2D eigenvalue weighted by Crippen LogP contribution is 2.34. The molecule has 0 aliphatic carbocycles. The standard InChI is InChI=1S/C25H24N2O2S/c1-17-10-12-18(13-11-17)23(27-16-19-6-3-4-9-22(19)25(27)29)15-24(28)26-20-7-5-8-21(14-20)30-2/h3-14,23H,15-16H2,1-2H3,(H,26,28). The molecule has 0 fully saturated rings. The van der Waals surface area contributed by atoms with Crippen LogP contribution in [-0.2, 0) is 11.3 Å². The van der Waals surface area contributed by atoms with E-state index in [2.05, 4.69) is 5.32 Å². The van der Waals surface area contributed by atoms with Crippen molar-refractivity contribution in [1.82, 2.24) is 4.90 Å². The Bertz CT molecular complexity index is 1080. The van der Waals surface area contributed by atoms with Gasteiger partial charge in [0.15, 0.2) is 0 Å². The van der Waals surface area contributed by atoms with E-state index >= 15 is 0 Å². The number of nitrogens with one attached hydrogen (secondary N) is 1. The van der Waals surface area contributed by atoms with E-state index in [1.54, 1.807) is 11.8 Å². The van der Waals surface area contributed by atoms with Crippen molar-refractivity contribution in [2.45, 2.75) is 30.8 Å². The molecule has 1 heterocycles. The smallest absolute Gasteiger partial charge is 0.255 e. The summed E-state index contributed by atoms with van der Waals surface area (Å²) in [4.78, 5) is 28.9. The van der Waals surface area contributed by atoms with Gasteiger partial charge >= 0.3 is 0 Å². The van der Waals surface area contributed by atoms with Crippen LogP contribution in [0.3, 0.4) is 0 Å². The van der Waals surface area contributed by atoms with Crippen LogP contribution in [0.4, 0.5) is 5.69 Å². The third-order valence-electron chi connectivity index (χ3n) is 5.42. The van der Waals surface area contributed by atoms with Gasteiger partial charge in [-0.25, -0.2) is 0 Å². The number of fused-ring (bicyclic) bond motifs is 1. The van der Waals surface area contributed by atoms with Gasteiger partial charge in [0, 0.05) is 22.7 Å². The molecule has 1 atom stereocenters. The van der Waals surface area contributed by atoms with Gasteiger partial charge < -0.3 is 10.2 Å². The number of benzene rings is 3. The number of hydrogen-bond donors (Lipinski definition) is 1. The van der Waals surface area contributed by atoms with Crippen LogP contribution in [0.2, 0.25) is 0 Å². The van der Waals surface area contributed by atoms with E-state index < -0.39 is 0 Å². The Kier molecular flexibility index (Phi) is 5.91. The zero-order valence-electron chi connectivity index (χ0n) is 17.1. The zero-order valence-corrected chi connectivity index (χ0v) is 17.9. The minimum absolute atomic E-state index is 0.0200. The third-order valence-corrected chi connectivity index (χ3v) is 6.15. The van der Waals surface area contributed by atoms with Crippen LogP contribution in [0.15, 0.2) is 77.7 Å². The van der Waals surface area contributed by atoms with E-state index in [1.165, 1.54) is 0 Å². The monoisotopic (exact) mass is 416 g/mol. The number of amides is 2. The minimum Gasteiger partial charge on any atom is -0.327 e. The maximum absolute atomic E-state index is 13.1. The molecule has 3 aromatic carbocycles. The fourth-order valence-corrected chi connectivity index (χ4v) is 4.27. The third kappa shape index (κ3) is 4.26. The van der Waals surface area contributed by atoms with E-state index in [9.17, 15) is 9.59 Å². The summed E-state index contributed by atoms with van der Waals surface area (Å²) in [5.41, 5.74) is 4.61. The van der Waals surface area contributed by atoms with Gasteiger partial charge in [0.05, 0.1) is 12.5 Å². The lowest BCUT2D eigenvalue weighted by Crippen LogP contribution is -2.32. The average Bonchev–Trinajstić information content (AvgIpc) is 3.09. The van der Waals surface area contributed by atoms with Crippen LogP contribution >= 0.6 is 11.8 Å². The van der Waals surface area contributed by atoms with Crippen molar-refractivity contribution >= 4 is 29.3 Å². The zero-order chi connectivity index (χ0) is 21.1. The molecule has 0 radical (unpaired) electrons. The number of hydrogen-bond acceptors (Lipinski definition) is 3. The van der Waals surface area contributed by atoms with Crippen molar-refractivity contribution in [3.63, 3.8) is 0 Å². The molecule has 152 valence electrons. The average molecular weight is 417 g/mol. The van der Waals surface area contributed by atoms with E-state index in [0.717, 1.165) is 32.8 Å². The van der Waals surface area contributed by atoms with Crippen LogP contribution in [0.25, 0.3) is 0 Å². The SMILES string of the molecule is CSc1cccc(NC(=O)CC(c2ccc(C)cc2)N2Cc3ccccc3C2=O)c1. The van der Waals surface area contributed by atoms with Crippen molar-refractivity contribution in [2.75, 3.05) is 11.6 Å². The predicted molar refractivity (Wildman–Crippen MR) is 122 cm³/mol. The molecule has 5 heteroatoms. The largest absolute Gasteiger partial charge is 0.327 e. The number of aryl methyl sites for hydroxylation is 1. The fraction of sp³-hybridized carbons (Fsp3) is 0.200. The first-order valence-electron chi connectivity index (χ1n) is 9.94. The summed E-state index contributed by atoms with van der Waals surface area (Å²) >= 11 is 1.63. The topological polar surface area (TPSA) is 49.4 Å². The van der Waals surface area contributed by atoms with Crippen LogP contribution in [-0.4, -0.2) is 23.0 Å². The Morgan fingerprint density at radius 2 is 1.83 bits per heavy atom. The maximum Gasteiger partial charge on any atom is 0.255 e. The van der Waals surface area contributed by atoms with E-state index in [4.69, 9.17) is 0 Å². The van der Waals surface area contributed by atoms with Crippen LogP contribution < -0.4 is 5.32 Å². The van der Waals surface area contributed by atoms with Crippen LogP contribution in [0, 0.1) is 6.92 Å². The normalized spacial score (nSPS) is 13.8. The summed E-state index contributed by atoms with van der Waals surface area (Å²) in [5.74, 6) is -0.129. The Labute approximate surface area is 181 Å². The summed E-state index contributed by atoms with van der Waals surface area (Å²) in [6.45, 7) is 2.55. The van der Waals surface area contributed by atoms with Gasteiger partial charge in [-0.3, -0.25) is 9.59 Å². The van der Waals surface area contributed by atoms with Crippen molar-refractivity contribution < 1.29 is 9.59 Å². The Hall–Kier alpha value is -3.05. The predicted octanol–water partition coefficient (Wildman–Crippen LogP) is 5.44. The van der Waals surface area contributed by atoms with Crippen molar-refractivity contribution in [3.8, 4) is 0 Å². The molecule has 1 N–H and O–H groups in total. The first kappa shape index (κ1) is 20.2. The van der Waals surface area contributed by atoms with Crippen molar-refractivity contribution in [3.05, 3.63) is 95.1 Å². The van der Waals surface area contributed by atoms with E-state index in [1.807, 2.05) is 90.9 Å². The summed E-state index contributed by atoms with van der Waals surface area (Å²) in [5, 5.41) is 3.00. The second-order valence-corrected chi connectivity index (χ2v) is 8.38. The first-order valence-corrected chi connectivity index (χ1v) is 11.2. The van der Waals surface area contributed by atoms with Gasteiger partial charge in [-0.15, -0.1) is 11.8 Å². The number of carbonyl (C=O) groups excluding carboxylic acids is 2. The quantitative estimate of drug-likeness (QED) is 0.544. The summed E-state index contributed by atoms with van der Waals surface area (Å²) in [7, 11) is 0. The number of anilines is 1. The van der Waals surface area contributed by atoms with E-state index in [0.29, 0.717) is 6.54 Å². The van der Waals surface area contributed by atoms with Gasteiger partial charge in [-0.1, -0.05) is 54.1 Å². The number of rotatable bonds is 6. The molecule has 0 saturated heterocycles. The van der Waals surface area contributed by atoms with Crippen molar-refractivity contribution in [1.29, 1.82) is 0 Å². The lowest BCUT2D eigenvalue weighted by Gasteiger charge is -2.28. The Balaban J connectivity index is 1.59. The van der Waals surface area contributed by atoms with Gasteiger partial charge in [-0.05, 0) is 48.6 Å². The molecule has 1 aliphatic rings. The summed E-state index contributed by atoms with van der Waals surface area (Å²) < 4.78 is 0. The second kappa shape index (κ2) is 8.76. The second-order valence-electron chi connectivity index (χ2n) is 7.50. The number of nitrogens with zero attached hydrogens (tertiary/aromatic N) is 1. The Morgan fingerprint density at radius 3 is 2.57 bits per heavy atom. The minimum atomic E-state index is -0.325. The van der Waals surface area contributed by atoms with Crippen molar-refractivity contribution in [2.24, 2.45) is 0 Å². The van der Waals surface area contributed by atoms with Gasteiger partial charge in [0.25, 0.3) is 5.91 Å². The lowest BCUT2D eigenvalue weighted by molar-refractivity contribution is -0.117. The Morgan fingerprint density at radius 1 is 1.07 bits per heavy atom. The lowest BCUT2D eigenvalue weighted by atomic mass is 10.00. The molecule has 0 spiro atoms. The molecule has 30 heavy (non-hydrogen) atoms. The highest BCUT2D eigenvalue weighted by Gasteiger charge is 2.34. The molecular weight excluding hydrogens is 392 g/mol. The highest BCUT2D eigenvalue weighted by atomic mass is 32.2. The maximum atomic E-state index is 13.1. The molecule has 0 bridgehead atoms. The van der Waals surface area contributed by atoms with Gasteiger partial charge in [0.1, 0.15) is 0 Å². The molecule has 1 aliphatic heterocycles. The van der Waals surface area contributed by atoms with Crippen LogP contribution in [0.5, 0.6) is 0 Å². The summed E-state index contributed by atoms with van der Waals surface area (Å²) in [6, 6.07) is 23.2. The van der Waals surface area contributed by atoms with Crippen LogP contribution in [0.1, 0.15) is 39.5 Å². The van der Waals surface area contributed by atoms with Gasteiger partial charge in [0.2, 0.25) is 5.91 Å². The number of thioether (sulfide) groups is 1. The first-order chi connectivity index (χ1) is 14.5. The number of carbonyl (C=O) groups is 2. The summed E-state index contributed by atoms with van der Waals surface area (Å²) in [6.07, 6.45) is 2.21. The molecule has 4 rings (SSSR count). The molecule has 0 aromatic heterocycles. The molecule has 3 aromatic rings. The van der Waals surface area contributed by atoms with Gasteiger partial charge in [-0.2, -0.15) is 0 Å². The fourth-order valence-electron chi connectivity index (χ4n) is 3.81. The molecular formula is C25H24N2O2S. The molecule has 1 unspecified atom stereocenters.